The molecule has 2 fully saturated rings. The third-order valence-electron chi connectivity index (χ3n) is 7.83. The second-order valence-electron chi connectivity index (χ2n) is 10.7. The van der Waals surface area contributed by atoms with Gasteiger partial charge in [0.2, 0.25) is 0 Å². The number of hydrogen-bond acceptors (Lipinski definition) is 5. The first kappa shape index (κ1) is 22.1. The van der Waals surface area contributed by atoms with E-state index in [0.29, 0.717) is 12.3 Å². The van der Waals surface area contributed by atoms with Crippen molar-refractivity contribution >= 4 is 17.5 Å². The molecule has 2 aliphatic rings. The molecule has 27 heavy (non-hydrogen) atoms. The Kier molecular flexibility index (Phi) is 5.23. The maximum absolute atomic E-state index is 13.1. The Morgan fingerprint density at radius 2 is 1.67 bits per heavy atom. The van der Waals surface area contributed by atoms with Gasteiger partial charge in [0.05, 0.1) is 0 Å². The van der Waals surface area contributed by atoms with E-state index in [1.807, 2.05) is 6.92 Å². The fourth-order valence-corrected chi connectivity index (χ4v) is 5.08. The molecule has 154 valence electrons. The van der Waals surface area contributed by atoms with E-state index in [1.165, 1.54) is 13.8 Å². The number of ether oxygens (including phenoxy) is 1. The van der Waals surface area contributed by atoms with Gasteiger partial charge in [-0.1, -0.05) is 20.8 Å². The van der Waals surface area contributed by atoms with Crippen LogP contribution in [0.15, 0.2) is 0 Å². The minimum Gasteiger partial charge on any atom is -0.459 e. The Hall–Kier alpha value is -1.23. The second-order valence-corrected chi connectivity index (χ2v) is 10.7. The van der Waals surface area contributed by atoms with E-state index in [2.05, 4.69) is 13.8 Å². The summed E-state index contributed by atoms with van der Waals surface area (Å²) in [6.45, 7) is 14.4. The molecule has 0 aliphatic heterocycles. The molecule has 4 atom stereocenters. The summed E-state index contributed by atoms with van der Waals surface area (Å²) in [7, 11) is 0. The second kappa shape index (κ2) is 6.40. The molecule has 5 nitrogen and oxygen atoms in total. The van der Waals surface area contributed by atoms with Crippen LogP contribution in [-0.2, 0) is 19.1 Å². The van der Waals surface area contributed by atoms with Crippen molar-refractivity contribution < 1.29 is 24.2 Å². The summed E-state index contributed by atoms with van der Waals surface area (Å²) in [4.78, 5) is 38.0. The molecular formula is C22H36O5. The van der Waals surface area contributed by atoms with Crippen LogP contribution in [0.3, 0.4) is 0 Å². The molecule has 0 unspecified atom stereocenters. The quantitative estimate of drug-likeness (QED) is 0.559. The average molecular weight is 381 g/mol. The maximum atomic E-state index is 13.1. The molecule has 0 radical (unpaired) electrons. The lowest BCUT2D eigenvalue weighted by molar-refractivity contribution is -0.170. The van der Waals surface area contributed by atoms with E-state index in [4.69, 9.17) is 4.74 Å². The summed E-state index contributed by atoms with van der Waals surface area (Å²) in [6, 6.07) is 0. The van der Waals surface area contributed by atoms with Gasteiger partial charge in [-0.25, -0.2) is 0 Å². The number of rotatable bonds is 6. The number of carbonyl (C=O) groups is 3. The van der Waals surface area contributed by atoms with E-state index in [-0.39, 0.29) is 29.8 Å². The van der Waals surface area contributed by atoms with Gasteiger partial charge in [-0.15, -0.1) is 0 Å². The topological polar surface area (TPSA) is 80.7 Å². The Morgan fingerprint density at radius 1 is 1.11 bits per heavy atom. The standard InChI is InChI=1S/C22H36O5/c1-14(23)20(7,17(25)27-18(2,3)4)11-10-16(24)22(26)13-15-9-12-21(22,8)19(15,5)6/h15,26H,9-13H2,1-8H3/t15-,20-,21-,22+/m1/s1. The van der Waals surface area contributed by atoms with Crippen molar-refractivity contribution in [2.24, 2.45) is 22.2 Å². The molecule has 5 heteroatoms. The van der Waals surface area contributed by atoms with E-state index in [0.717, 1.165) is 12.8 Å². The molecule has 2 rings (SSSR count). The number of carbonyl (C=O) groups excluding carboxylic acids is 3. The van der Waals surface area contributed by atoms with Crippen LogP contribution in [-0.4, -0.2) is 33.8 Å². The summed E-state index contributed by atoms with van der Waals surface area (Å²) in [5.74, 6) is -0.865. The van der Waals surface area contributed by atoms with E-state index < -0.39 is 28.0 Å². The van der Waals surface area contributed by atoms with Crippen molar-refractivity contribution in [2.75, 3.05) is 0 Å². The van der Waals surface area contributed by atoms with Crippen LogP contribution in [0, 0.1) is 22.2 Å². The monoisotopic (exact) mass is 380 g/mol. The Bertz CT molecular complexity index is 658. The van der Waals surface area contributed by atoms with Crippen LogP contribution in [0.4, 0.5) is 0 Å². The fourth-order valence-electron chi connectivity index (χ4n) is 5.08. The highest BCUT2D eigenvalue weighted by Gasteiger charge is 2.70. The predicted molar refractivity (Wildman–Crippen MR) is 103 cm³/mol. The molecule has 0 saturated heterocycles. The highest BCUT2D eigenvalue weighted by Crippen LogP contribution is 2.70. The fraction of sp³-hybridized carbons (Fsp3) is 0.864. The van der Waals surface area contributed by atoms with Gasteiger partial charge < -0.3 is 9.84 Å². The number of hydrogen-bond donors (Lipinski definition) is 1. The van der Waals surface area contributed by atoms with Gasteiger partial charge in [-0.2, -0.15) is 0 Å². The van der Waals surface area contributed by atoms with Crippen LogP contribution in [0.5, 0.6) is 0 Å². The molecule has 0 aromatic rings. The third kappa shape index (κ3) is 3.26. The van der Waals surface area contributed by atoms with Gasteiger partial charge in [-0.3, -0.25) is 14.4 Å². The first-order valence-electron chi connectivity index (χ1n) is 10.0. The number of esters is 1. The molecule has 0 heterocycles. The Labute approximate surface area is 163 Å². The van der Waals surface area contributed by atoms with Crippen LogP contribution in [0.25, 0.3) is 0 Å². The zero-order chi connectivity index (χ0) is 21.1. The van der Waals surface area contributed by atoms with Crippen molar-refractivity contribution in [2.45, 2.75) is 98.7 Å². The Morgan fingerprint density at radius 3 is 2.04 bits per heavy atom. The van der Waals surface area contributed by atoms with Crippen molar-refractivity contribution in [1.82, 2.24) is 0 Å². The number of aliphatic hydroxyl groups is 1. The van der Waals surface area contributed by atoms with E-state index >= 15 is 0 Å². The molecule has 2 saturated carbocycles. The first-order valence-corrected chi connectivity index (χ1v) is 10.0. The molecule has 0 amide bonds. The largest absolute Gasteiger partial charge is 0.459 e. The number of ketones is 2. The van der Waals surface area contributed by atoms with Gasteiger partial charge in [0.1, 0.15) is 22.4 Å². The van der Waals surface area contributed by atoms with Gasteiger partial charge in [0, 0.05) is 11.8 Å². The van der Waals surface area contributed by atoms with Crippen molar-refractivity contribution in [1.29, 1.82) is 0 Å². The minimum absolute atomic E-state index is 0.00971. The highest BCUT2D eigenvalue weighted by atomic mass is 16.6. The summed E-state index contributed by atoms with van der Waals surface area (Å²) in [5, 5.41) is 11.4. The molecular weight excluding hydrogens is 344 g/mol. The molecule has 0 spiro atoms. The predicted octanol–water partition coefficient (Wildman–Crippen LogP) is 3.85. The summed E-state index contributed by atoms with van der Waals surface area (Å²) in [6.07, 6.45) is 2.37. The summed E-state index contributed by atoms with van der Waals surface area (Å²) >= 11 is 0. The molecule has 1 N–H and O–H groups in total. The molecule has 0 aromatic heterocycles. The van der Waals surface area contributed by atoms with Gasteiger partial charge >= 0.3 is 5.97 Å². The van der Waals surface area contributed by atoms with Crippen LogP contribution in [0.1, 0.15) is 87.5 Å². The number of fused-ring (bicyclic) bond motifs is 2. The molecule has 2 aliphatic carbocycles. The van der Waals surface area contributed by atoms with Gasteiger partial charge in [0.25, 0.3) is 0 Å². The van der Waals surface area contributed by atoms with Gasteiger partial charge in [-0.05, 0) is 71.6 Å². The average Bonchev–Trinajstić information content (AvgIpc) is 2.82. The van der Waals surface area contributed by atoms with Crippen LogP contribution in [0.2, 0.25) is 0 Å². The third-order valence-corrected chi connectivity index (χ3v) is 7.83. The number of Topliss-reactive ketones (excluding diaryl/α,β-unsaturated/α-hetero) is 2. The summed E-state index contributed by atoms with van der Waals surface area (Å²) in [5.41, 5.74) is -4.05. The maximum Gasteiger partial charge on any atom is 0.319 e. The highest BCUT2D eigenvalue weighted by molar-refractivity contribution is 6.03. The summed E-state index contributed by atoms with van der Waals surface area (Å²) < 4.78 is 5.42. The smallest absolute Gasteiger partial charge is 0.319 e. The molecule has 2 bridgehead atoms. The first-order chi connectivity index (χ1) is 12.0. The zero-order valence-corrected chi connectivity index (χ0v) is 18.2. The van der Waals surface area contributed by atoms with Crippen molar-refractivity contribution in [3.05, 3.63) is 0 Å². The zero-order valence-electron chi connectivity index (χ0n) is 18.2. The van der Waals surface area contributed by atoms with Crippen LogP contribution < -0.4 is 0 Å². The minimum atomic E-state index is -1.38. The Balaban J connectivity index is 2.18. The normalized spacial score (nSPS) is 34.2. The lowest BCUT2D eigenvalue weighted by atomic mass is 9.62. The van der Waals surface area contributed by atoms with Gasteiger partial charge in [0.15, 0.2) is 5.78 Å². The van der Waals surface area contributed by atoms with Crippen LogP contribution >= 0.6 is 0 Å². The van der Waals surface area contributed by atoms with Crippen molar-refractivity contribution in [3.63, 3.8) is 0 Å². The van der Waals surface area contributed by atoms with E-state index in [9.17, 15) is 19.5 Å². The van der Waals surface area contributed by atoms with Crippen molar-refractivity contribution in [3.8, 4) is 0 Å². The SMILES string of the molecule is CC(=O)[C@@](C)(CCC(=O)[C@@]1(O)C[C@H]2CC[C@]1(C)C2(C)C)C(=O)OC(C)(C)C. The lowest BCUT2D eigenvalue weighted by Crippen LogP contribution is -2.53. The molecule has 0 aromatic carbocycles. The van der Waals surface area contributed by atoms with E-state index in [1.54, 1.807) is 20.8 Å². The lowest BCUT2D eigenvalue weighted by Gasteiger charge is -2.44.